The van der Waals surface area contributed by atoms with Gasteiger partial charge in [0.05, 0.1) is 18.2 Å². The number of H-pyrrole nitrogens is 1. The van der Waals surface area contributed by atoms with Crippen LogP contribution in [0.25, 0.3) is 10.9 Å². The van der Waals surface area contributed by atoms with E-state index in [0.717, 1.165) is 22.4 Å². The molecule has 1 aromatic carbocycles. The Morgan fingerprint density at radius 1 is 1.26 bits per heavy atom. The van der Waals surface area contributed by atoms with Gasteiger partial charge in [-0.15, -0.1) is 0 Å². The number of likely N-dealkylation sites (N-methyl/N-ethyl adjacent to an activating group) is 1. The second kappa shape index (κ2) is 6.57. The Hall–Kier alpha value is -3.09. The van der Waals surface area contributed by atoms with Crippen LogP contribution in [0, 0.1) is 0 Å². The number of carbonyl (C=O) groups is 2. The van der Waals surface area contributed by atoms with Crippen molar-refractivity contribution in [1.29, 1.82) is 0 Å². The number of para-hydroxylation sites is 1. The van der Waals surface area contributed by atoms with Gasteiger partial charge in [-0.2, -0.15) is 0 Å². The summed E-state index contributed by atoms with van der Waals surface area (Å²) in [6, 6.07) is 9.61. The molecular weight excluding hydrogens is 342 g/mol. The van der Waals surface area contributed by atoms with Gasteiger partial charge in [0.2, 0.25) is 5.91 Å². The van der Waals surface area contributed by atoms with Crippen molar-refractivity contribution in [3.8, 4) is 0 Å². The van der Waals surface area contributed by atoms with Crippen LogP contribution in [0.4, 0.5) is 0 Å². The number of fused-ring (bicyclic) bond motifs is 2. The van der Waals surface area contributed by atoms with Crippen molar-refractivity contribution in [2.45, 2.75) is 25.9 Å². The standard InChI is InChI=1S/C20H23N5O2/c1-13-19-21-15(11-18(26)23(2)3)12-24(19)8-9-25(13)20(27)17-10-14-6-4-5-7-16(14)22-17/h4-7,10,12-13,22H,8-9,11H2,1-3H3/t13-/m1/s1. The van der Waals surface area contributed by atoms with Gasteiger partial charge in [0, 0.05) is 44.3 Å². The third kappa shape index (κ3) is 3.09. The van der Waals surface area contributed by atoms with Crippen molar-refractivity contribution < 1.29 is 9.59 Å². The van der Waals surface area contributed by atoms with Gasteiger partial charge in [0.25, 0.3) is 5.91 Å². The Kier molecular flexibility index (Phi) is 4.22. The first-order chi connectivity index (χ1) is 12.9. The number of carbonyl (C=O) groups excluding carboxylic acids is 2. The Morgan fingerprint density at radius 3 is 2.78 bits per heavy atom. The molecule has 0 bridgehead atoms. The molecule has 140 valence electrons. The third-order valence-corrected chi connectivity index (χ3v) is 5.13. The smallest absolute Gasteiger partial charge is 0.270 e. The average Bonchev–Trinajstić information content (AvgIpc) is 3.25. The van der Waals surface area contributed by atoms with E-state index in [4.69, 9.17) is 0 Å². The lowest BCUT2D eigenvalue weighted by molar-refractivity contribution is -0.128. The number of imidazole rings is 1. The zero-order chi connectivity index (χ0) is 19.1. The van der Waals surface area contributed by atoms with E-state index in [-0.39, 0.29) is 24.3 Å². The van der Waals surface area contributed by atoms with Gasteiger partial charge in [-0.25, -0.2) is 4.98 Å². The number of hydrogen-bond donors (Lipinski definition) is 1. The highest BCUT2D eigenvalue weighted by atomic mass is 16.2. The number of rotatable bonds is 3. The molecule has 1 N–H and O–H groups in total. The van der Waals surface area contributed by atoms with E-state index >= 15 is 0 Å². The van der Waals surface area contributed by atoms with Gasteiger partial charge >= 0.3 is 0 Å². The molecule has 4 rings (SSSR count). The highest BCUT2D eigenvalue weighted by molar-refractivity contribution is 5.98. The summed E-state index contributed by atoms with van der Waals surface area (Å²) < 4.78 is 2.05. The molecule has 0 spiro atoms. The molecule has 0 saturated carbocycles. The molecular formula is C20H23N5O2. The van der Waals surface area contributed by atoms with Gasteiger partial charge in [0.15, 0.2) is 0 Å². The minimum absolute atomic E-state index is 0.0177. The molecule has 27 heavy (non-hydrogen) atoms. The molecule has 0 saturated heterocycles. The topological polar surface area (TPSA) is 74.2 Å². The van der Waals surface area contributed by atoms with Gasteiger partial charge in [-0.1, -0.05) is 18.2 Å². The molecule has 0 unspecified atom stereocenters. The van der Waals surface area contributed by atoms with Crippen LogP contribution in [0.3, 0.4) is 0 Å². The first-order valence-corrected chi connectivity index (χ1v) is 9.09. The van der Waals surface area contributed by atoms with Crippen molar-refractivity contribution in [1.82, 2.24) is 24.3 Å². The average molecular weight is 365 g/mol. The number of nitrogens with one attached hydrogen (secondary N) is 1. The molecule has 0 radical (unpaired) electrons. The Labute approximate surface area is 157 Å². The number of aromatic amines is 1. The Morgan fingerprint density at radius 2 is 2.04 bits per heavy atom. The number of benzene rings is 1. The van der Waals surface area contributed by atoms with Crippen LogP contribution in [0.5, 0.6) is 0 Å². The van der Waals surface area contributed by atoms with Crippen molar-refractivity contribution in [2.24, 2.45) is 0 Å². The van der Waals surface area contributed by atoms with Crippen LogP contribution in [-0.2, 0) is 17.8 Å². The summed E-state index contributed by atoms with van der Waals surface area (Å²) in [6.07, 6.45) is 2.20. The van der Waals surface area contributed by atoms with Crippen LogP contribution in [0.1, 0.15) is 35.0 Å². The van der Waals surface area contributed by atoms with E-state index < -0.39 is 0 Å². The Bertz CT molecular complexity index is 983. The fourth-order valence-corrected chi connectivity index (χ4v) is 3.57. The monoisotopic (exact) mass is 365 g/mol. The normalized spacial score (nSPS) is 16.4. The maximum Gasteiger partial charge on any atom is 0.270 e. The summed E-state index contributed by atoms with van der Waals surface area (Å²) in [7, 11) is 3.48. The predicted octanol–water partition coefficient (Wildman–Crippen LogP) is 2.21. The molecule has 1 aliphatic rings. The summed E-state index contributed by atoms with van der Waals surface area (Å²) >= 11 is 0. The maximum absolute atomic E-state index is 13.1. The SMILES string of the molecule is C[C@@H]1c2nc(CC(=O)N(C)C)cn2CCN1C(=O)c1cc2ccccc2[nH]1. The van der Waals surface area contributed by atoms with Gasteiger partial charge in [-0.3, -0.25) is 9.59 Å². The highest BCUT2D eigenvalue weighted by Gasteiger charge is 2.31. The lowest BCUT2D eigenvalue weighted by Gasteiger charge is -2.33. The van der Waals surface area contributed by atoms with Crippen LogP contribution in [0.15, 0.2) is 36.5 Å². The van der Waals surface area contributed by atoms with Crippen LogP contribution in [-0.4, -0.2) is 56.8 Å². The number of nitrogens with zero attached hydrogens (tertiary/aromatic N) is 4. The molecule has 2 aromatic heterocycles. The van der Waals surface area contributed by atoms with E-state index in [1.54, 1.807) is 19.0 Å². The van der Waals surface area contributed by atoms with Crippen molar-refractivity contribution in [3.63, 3.8) is 0 Å². The van der Waals surface area contributed by atoms with Crippen LogP contribution < -0.4 is 0 Å². The fourth-order valence-electron chi connectivity index (χ4n) is 3.57. The van der Waals surface area contributed by atoms with Gasteiger partial charge in [-0.05, 0) is 19.1 Å². The molecule has 3 aromatic rings. The highest BCUT2D eigenvalue weighted by Crippen LogP contribution is 2.27. The largest absolute Gasteiger partial charge is 0.351 e. The first kappa shape index (κ1) is 17.3. The summed E-state index contributed by atoms with van der Waals surface area (Å²) in [5.41, 5.74) is 2.29. The van der Waals surface area contributed by atoms with Crippen molar-refractivity contribution in [3.05, 3.63) is 53.7 Å². The molecule has 1 atom stereocenters. The molecule has 0 aliphatic carbocycles. The number of amides is 2. The first-order valence-electron chi connectivity index (χ1n) is 9.09. The summed E-state index contributed by atoms with van der Waals surface area (Å²) in [4.78, 5) is 36.3. The Balaban J connectivity index is 1.57. The van der Waals surface area contributed by atoms with Gasteiger partial charge < -0.3 is 19.4 Å². The lowest BCUT2D eigenvalue weighted by atomic mass is 10.2. The second-order valence-corrected chi connectivity index (χ2v) is 7.19. The summed E-state index contributed by atoms with van der Waals surface area (Å²) in [5, 5.41) is 1.02. The summed E-state index contributed by atoms with van der Waals surface area (Å²) in [5.74, 6) is 0.815. The lowest BCUT2D eigenvalue weighted by Crippen LogP contribution is -2.41. The van der Waals surface area contributed by atoms with E-state index in [9.17, 15) is 9.59 Å². The number of aromatic nitrogens is 3. The number of hydrogen-bond acceptors (Lipinski definition) is 3. The van der Waals surface area contributed by atoms with Crippen molar-refractivity contribution >= 4 is 22.7 Å². The molecule has 3 heterocycles. The van der Waals surface area contributed by atoms with E-state index in [1.807, 2.05) is 48.4 Å². The maximum atomic E-state index is 13.1. The quantitative estimate of drug-likeness (QED) is 0.773. The van der Waals surface area contributed by atoms with Crippen LogP contribution in [0.2, 0.25) is 0 Å². The predicted molar refractivity (Wildman–Crippen MR) is 102 cm³/mol. The van der Waals surface area contributed by atoms with E-state index in [0.29, 0.717) is 18.8 Å². The second-order valence-electron chi connectivity index (χ2n) is 7.19. The zero-order valence-corrected chi connectivity index (χ0v) is 15.8. The molecule has 0 fully saturated rings. The molecule has 7 heteroatoms. The van der Waals surface area contributed by atoms with Crippen molar-refractivity contribution in [2.75, 3.05) is 20.6 Å². The van der Waals surface area contributed by atoms with Gasteiger partial charge in [0.1, 0.15) is 11.5 Å². The molecule has 2 amide bonds. The minimum atomic E-state index is -0.152. The third-order valence-electron chi connectivity index (χ3n) is 5.13. The van der Waals surface area contributed by atoms with E-state index in [2.05, 4.69) is 14.5 Å². The van der Waals surface area contributed by atoms with E-state index in [1.165, 1.54) is 0 Å². The minimum Gasteiger partial charge on any atom is -0.351 e. The zero-order valence-electron chi connectivity index (χ0n) is 15.8. The summed E-state index contributed by atoms with van der Waals surface area (Å²) in [6.45, 7) is 3.27. The molecule has 7 nitrogen and oxygen atoms in total. The fraction of sp³-hybridized carbons (Fsp3) is 0.350. The molecule has 1 aliphatic heterocycles. The van der Waals surface area contributed by atoms with Crippen LogP contribution >= 0.6 is 0 Å².